The summed E-state index contributed by atoms with van der Waals surface area (Å²) in [6.07, 6.45) is -15.8. The third-order valence-electron chi connectivity index (χ3n) is 5.30. The first-order valence-corrected chi connectivity index (χ1v) is 10.1. The fourth-order valence-corrected chi connectivity index (χ4v) is 3.44. The molecule has 2 aliphatic heterocycles. The van der Waals surface area contributed by atoms with Crippen molar-refractivity contribution in [2.75, 3.05) is 13.2 Å². The van der Waals surface area contributed by atoms with Crippen LogP contribution in [-0.2, 0) is 23.7 Å². The molecule has 0 aromatic carbocycles. The Kier molecular flexibility index (Phi) is 9.54. The van der Waals surface area contributed by atoms with E-state index in [4.69, 9.17) is 24.7 Å². The Hall–Kier alpha value is -0.970. The van der Waals surface area contributed by atoms with Gasteiger partial charge in [-0.1, -0.05) is 6.92 Å². The summed E-state index contributed by atoms with van der Waals surface area (Å²) in [6, 6.07) is -0.229. The number of aliphatic hydroxyl groups excluding tert-OH is 7. The van der Waals surface area contributed by atoms with E-state index in [1.54, 1.807) is 13.8 Å². The zero-order valence-corrected chi connectivity index (χ0v) is 17.3. The van der Waals surface area contributed by atoms with E-state index in [0.29, 0.717) is 6.42 Å². The van der Waals surface area contributed by atoms with Crippen LogP contribution in [0, 0.1) is 5.92 Å². The van der Waals surface area contributed by atoms with Crippen molar-refractivity contribution in [2.24, 2.45) is 11.7 Å². The van der Waals surface area contributed by atoms with E-state index in [0.717, 1.165) is 0 Å². The molecule has 0 aromatic heterocycles. The van der Waals surface area contributed by atoms with Crippen molar-refractivity contribution in [1.82, 2.24) is 0 Å². The maximum absolute atomic E-state index is 12.1. The van der Waals surface area contributed by atoms with E-state index in [1.807, 2.05) is 0 Å². The van der Waals surface area contributed by atoms with Crippen molar-refractivity contribution < 1.29 is 59.5 Å². The summed E-state index contributed by atoms with van der Waals surface area (Å²) in [5.74, 6) is -1.11. The molecule has 12 atom stereocenters. The lowest BCUT2D eigenvalue weighted by Crippen LogP contribution is -2.63. The molecular weight excluding hydrogens is 422 g/mol. The summed E-state index contributed by atoms with van der Waals surface area (Å²) in [6.45, 7) is 2.18. The topological polar surface area (TPSA) is 222 Å². The van der Waals surface area contributed by atoms with E-state index >= 15 is 0 Å². The second-order valence-electron chi connectivity index (χ2n) is 8.09. The number of aliphatic hydroxyl groups is 7. The molecule has 2 fully saturated rings. The highest BCUT2D eigenvalue weighted by molar-refractivity contribution is 5.72. The van der Waals surface area contributed by atoms with Crippen molar-refractivity contribution >= 4 is 5.97 Å². The molecular formula is C18H33NO12. The number of nitrogens with two attached hydrogens (primary N) is 1. The Balaban J connectivity index is 2.01. The minimum atomic E-state index is -1.79. The van der Waals surface area contributed by atoms with Gasteiger partial charge < -0.3 is 60.4 Å². The van der Waals surface area contributed by atoms with Crippen LogP contribution in [0.25, 0.3) is 0 Å². The monoisotopic (exact) mass is 455 g/mol. The lowest BCUT2D eigenvalue weighted by molar-refractivity contribution is -0.376. The van der Waals surface area contributed by atoms with E-state index < -0.39 is 86.5 Å². The predicted octanol–water partition coefficient (Wildman–Crippen LogP) is -4.47. The van der Waals surface area contributed by atoms with Crippen LogP contribution in [0.15, 0.2) is 0 Å². The first-order valence-electron chi connectivity index (χ1n) is 10.1. The molecule has 9 N–H and O–H groups in total. The second kappa shape index (κ2) is 11.2. The fraction of sp³-hybridized carbons (Fsp3) is 0.944. The molecule has 2 aliphatic rings. The molecule has 0 aliphatic carbocycles. The van der Waals surface area contributed by atoms with Crippen LogP contribution < -0.4 is 5.73 Å². The number of ether oxygens (including phenoxy) is 4. The zero-order chi connectivity index (χ0) is 23.5. The number of hydrogen-bond acceptors (Lipinski definition) is 13. The zero-order valence-electron chi connectivity index (χ0n) is 17.3. The molecule has 0 saturated carbocycles. The smallest absolute Gasteiger partial charge is 0.308 e. The summed E-state index contributed by atoms with van der Waals surface area (Å²) in [4.78, 5) is 12.1. The fourth-order valence-electron chi connectivity index (χ4n) is 3.44. The molecule has 0 aromatic rings. The Bertz CT molecular complexity index is 578. The molecule has 0 radical (unpaired) electrons. The van der Waals surface area contributed by atoms with Crippen LogP contribution >= 0.6 is 0 Å². The van der Waals surface area contributed by atoms with Crippen LogP contribution in [0.4, 0.5) is 0 Å². The highest BCUT2D eigenvalue weighted by atomic mass is 16.8. The minimum absolute atomic E-state index is 0.229. The average molecular weight is 455 g/mol. The summed E-state index contributed by atoms with van der Waals surface area (Å²) in [5, 5.41) is 69.4. The van der Waals surface area contributed by atoms with Crippen molar-refractivity contribution in [2.45, 2.75) is 87.7 Å². The number of esters is 1. The summed E-state index contributed by atoms with van der Waals surface area (Å²) < 4.78 is 21.0. The maximum Gasteiger partial charge on any atom is 0.308 e. The van der Waals surface area contributed by atoms with E-state index in [-0.39, 0.29) is 6.04 Å². The SMILES string of the molecule is CC(N)CC(C)C(=O)OC[C@H]1OC(OC2O[C@H](CO)[C@@H](O)[C@H](O)[C@H]2O)[C@H](O)[C@@H](O)[C@@H]1O. The molecule has 182 valence electrons. The lowest BCUT2D eigenvalue weighted by atomic mass is 9.98. The van der Waals surface area contributed by atoms with E-state index in [2.05, 4.69) is 0 Å². The van der Waals surface area contributed by atoms with Gasteiger partial charge in [0.05, 0.1) is 12.5 Å². The quantitative estimate of drug-likeness (QED) is 0.162. The Morgan fingerprint density at radius 3 is 1.84 bits per heavy atom. The molecule has 31 heavy (non-hydrogen) atoms. The number of carbonyl (C=O) groups is 1. The van der Waals surface area contributed by atoms with Crippen LogP contribution in [0.5, 0.6) is 0 Å². The normalized spacial score (nSPS) is 43.3. The van der Waals surface area contributed by atoms with Gasteiger partial charge in [0.25, 0.3) is 0 Å². The first-order chi connectivity index (χ1) is 14.5. The molecule has 13 heteroatoms. The highest BCUT2D eigenvalue weighted by Gasteiger charge is 2.49. The van der Waals surface area contributed by atoms with Crippen molar-refractivity contribution in [1.29, 1.82) is 0 Å². The first kappa shape index (κ1) is 26.3. The molecule has 2 rings (SSSR count). The van der Waals surface area contributed by atoms with Crippen LogP contribution in [0.2, 0.25) is 0 Å². The molecule has 2 saturated heterocycles. The maximum atomic E-state index is 12.1. The Labute approximate surface area is 178 Å². The summed E-state index contributed by atoms with van der Waals surface area (Å²) in [5.41, 5.74) is 5.65. The Morgan fingerprint density at radius 1 is 0.871 bits per heavy atom. The van der Waals surface area contributed by atoms with Crippen molar-refractivity contribution in [3.8, 4) is 0 Å². The lowest BCUT2D eigenvalue weighted by Gasteiger charge is -2.44. The third kappa shape index (κ3) is 6.30. The third-order valence-corrected chi connectivity index (χ3v) is 5.30. The van der Waals surface area contributed by atoms with Crippen LogP contribution in [0.3, 0.4) is 0 Å². The van der Waals surface area contributed by atoms with Gasteiger partial charge >= 0.3 is 5.97 Å². The highest BCUT2D eigenvalue weighted by Crippen LogP contribution is 2.28. The predicted molar refractivity (Wildman–Crippen MR) is 99.9 cm³/mol. The summed E-state index contributed by atoms with van der Waals surface area (Å²) in [7, 11) is 0. The van der Waals surface area contributed by atoms with E-state index in [9.17, 15) is 40.5 Å². The molecule has 0 bridgehead atoms. The second-order valence-corrected chi connectivity index (χ2v) is 8.09. The van der Waals surface area contributed by atoms with Crippen molar-refractivity contribution in [3.63, 3.8) is 0 Å². The van der Waals surface area contributed by atoms with Gasteiger partial charge in [-0.05, 0) is 13.3 Å². The minimum Gasteiger partial charge on any atom is -0.463 e. The number of hydrogen-bond donors (Lipinski definition) is 8. The van der Waals surface area contributed by atoms with Gasteiger partial charge in [0, 0.05) is 6.04 Å². The van der Waals surface area contributed by atoms with Gasteiger partial charge in [0.15, 0.2) is 12.6 Å². The van der Waals surface area contributed by atoms with Gasteiger partial charge in [-0.25, -0.2) is 0 Å². The van der Waals surface area contributed by atoms with Crippen molar-refractivity contribution in [3.05, 3.63) is 0 Å². The molecule has 0 spiro atoms. The van der Waals surface area contributed by atoms with Crippen LogP contribution in [0.1, 0.15) is 20.3 Å². The van der Waals surface area contributed by atoms with Crippen LogP contribution in [-0.4, -0.2) is 122 Å². The van der Waals surface area contributed by atoms with Gasteiger partial charge in [-0.15, -0.1) is 0 Å². The summed E-state index contributed by atoms with van der Waals surface area (Å²) >= 11 is 0. The largest absolute Gasteiger partial charge is 0.463 e. The van der Waals surface area contributed by atoms with Gasteiger partial charge in [-0.3, -0.25) is 4.79 Å². The molecule has 0 amide bonds. The number of carbonyl (C=O) groups excluding carboxylic acids is 1. The molecule has 4 unspecified atom stereocenters. The molecule has 13 nitrogen and oxygen atoms in total. The van der Waals surface area contributed by atoms with Gasteiger partial charge in [0.2, 0.25) is 0 Å². The standard InChI is InChI=1S/C18H33NO12/c1-6(3-7(2)19)16(27)28-5-9-11(22)13(24)15(26)18(30-9)31-17-14(25)12(23)10(21)8(4-20)29-17/h6-15,17-18,20-26H,3-5,19H2,1-2H3/t6?,7?,8-,9-,10-,11-,12+,13+,14-,15-,17?,18?/m1/s1. The van der Waals surface area contributed by atoms with Gasteiger partial charge in [0.1, 0.15) is 55.4 Å². The molecule has 2 heterocycles. The van der Waals surface area contributed by atoms with E-state index in [1.165, 1.54) is 0 Å². The average Bonchev–Trinajstić information content (AvgIpc) is 2.72. The number of rotatable bonds is 8. The van der Waals surface area contributed by atoms with Gasteiger partial charge in [-0.2, -0.15) is 0 Å². The Morgan fingerprint density at radius 2 is 1.35 bits per heavy atom.